The summed E-state index contributed by atoms with van der Waals surface area (Å²) in [5.41, 5.74) is 0.575. The summed E-state index contributed by atoms with van der Waals surface area (Å²) in [6, 6.07) is 4.03. The van der Waals surface area contributed by atoms with E-state index in [1.165, 1.54) is 5.57 Å². The van der Waals surface area contributed by atoms with Gasteiger partial charge in [0.25, 0.3) is 0 Å². The fraction of sp³-hybridized carbons (Fsp3) is 0.667. The van der Waals surface area contributed by atoms with Crippen LogP contribution in [0.3, 0.4) is 0 Å². The van der Waals surface area contributed by atoms with Gasteiger partial charge in [-0.25, -0.2) is 0 Å². The monoisotopic (exact) mass is 382 g/mol. The van der Waals surface area contributed by atoms with Gasteiger partial charge in [-0.05, 0) is 61.5 Å². The number of furan rings is 1. The summed E-state index contributed by atoms with van der Waals surface area (Å²) >= 11 is 0. The van der Waals surface area contributed by atoms with Crippen molar-refractivity contribution in [1.29, 1.82) is 0 Å². The van der Waals surface area contributed by atoms with Crippen molar-refractivity contribution < 1.29 is 19.1 Å². The SMILES string of the molecule is Cc1ccc([C@@H]2C=C3CC(=O)CC[C@]3(C)C3[C@@H]2[C@@H]2CCC(=O)[C@@]2(C)C[C@H]3O)o1. The van der Waals surface area contributed by atoms with Crippen LogP contribution in [0.5, 0.6) is 0 Å². The lowest BCUT2D eigenvalue weighted by Gasteiger charge is -2.59. The van der Waals surface area contributed by atoms with Gasteiger partial charge in [-0.2, -0.15) is 0 Å². The lowest BCUT2D eigenvalue weighted by atomic mass is 9.45. The molecule has 3 fully saturated rings. The molecule has 1 aromatic heterocycles. The molecule has 1 N–H and O–H groups in total. The summed E-state index contributed by atoms with van der Waals surface area (Å²) in [5, 5.41) is 11.4. The van der Waals surface area contributed by atoms with Gasteiger partial charge in [-0.1, -0.05) is 25.5 Å². The average molecular weight is 383 g/mol. The highest BCUT2D eigenvalue weighted by molar-refractivity contribution is 5.87. The van der Waals surface area contributed by atoms with Crippen LogP contribution in [-0.4, -0.2) is 22.8 Å². The van der Waals surface area contributed by atoms with Crippen molar-refractivity contribution in [3.63, 3.8) is 0 Å². The molecular weight excluding hydrogens is 352 g/mol. The molecule has 0 radical (unpaired) electrons. The van der Waals surface area contributed by atoms with Crippen LogP contribution in [0.2, 0.25) is 0 Å². The van der Waals surface area contributed by atoms with Crippen molar-refractivity contribution >= 4 is 11.6 Å². The van der Waals surface area contributed by atoms with Crippen molar-refractivity contribution in [2.75, 3.05) is 0 Å². The van der Waals surface area contributed by atoms with Gasteiger partial charge in [-0.3, -0.25) is 9.59 Å². The van der Waals surface area contributed by atoms with E-state index in [2.05, 4.69) is 19.9 Å². The summed E-state index contributed by atoms with van der Waals surface area (Å²) in [6.07, 6.45) is 5.71. The number of aliphatic hydroxyl groups excluding tert-OH is 1. The second-order valence-corrected chi connectivity index (χ2v) is 10.2. The van der Waals surface area contributed by atoms with Gasteiger partial charge in [-0.15, -0.1) is 0 Å². The quantitative estimate of drug-likeness (QED) is 0.733. The third kappa shape index (κ3) is 2.33. The number of rotatable bonds is 1. The maximum absolute atomic E-state index is 12.8. The molecule has 1 aromatic rings. The number of ketones is 2. The first-order chi connectivity index (χ1) is 13.2. The molecule has 0 saturated heterocycles. The molecule has 1 heterocycles. The fourth-order valence-corrected chi connectivity index (χ4v) is 7.30. The van der Waals surface area contributed by atoms with Crippen LogP contribution in [0.15, 0.2) is 28.2 Å². The maximum atomic E-state index is 12.8. The number of hydrogen-bond donors (Lipinski definition) is 1. The topological polar surface area (TPSA) is 67.5 Å². The van der Waals surface area contributed by atoms with Crippen LogP contribution in [0.25, 0.3) is 0 Å². The van der Waals surface area contributed by atoms with Crippen molar-refractivity contribution in [3.05, 3.63) is 35.3 Å². The third-order valence-corrected chi connectivity index (χ3v) is 8.73. The molecule has 0 aliphatic heterocycles. The number of fused-ring (bicyclic) bond motifs is 5. The first-order valence-corrected chi connectivity index (χ1v) is 10.7. The molecule has 4 nitrogen and oxygen atoms in total. The lowest BCUT2D eigenvalue weighted by Crippen LogP contribution is -2.58. The zero-order valence-corrected chi connectivity index (χ0v) is 17.0. The summed E-state index contributed by atoms with van der Waals surface area (Å²) in [6.45, 7) is 6.27. The number of carbonyl (C=O) groups excluding carboxylic acids is 2. The second-order valence-electron chi connectivity index (χ2n) is 10.2. The van der Waals surface area contributed by atoms with E-state index < -0.39 is 11.5 Å². The van der Waals surface area contributed by atoms with Gasteiger partial charge in [0.2, 0.25) is 0 Å². The van der Waals surface area contributed by atoms with Gasteiger partial charge in [0, 0.05) is 30.6 Å². The molecule has 28 heavy (non-hydrogen) atoms. The Morgan fingerprint density at radius 3 is 2.64 bits per heavy atom. The molecule has 0 bridgehead atoms. The number of allylic oxidation sites excluding steroid dienone is 2. The van der Waals surface area contributed by atoms with Gasteiger partial charge in [0.1, 0.15) is 23.1 Å². The Hall–Kier alpha value is -1.68. The van der Waals surface area contributed by atoms with Crippen LogP contribution in [0.1, 0.15) is 69.8 Å². The molecule has 5 rings (SSSR count). The fourth-order valence-electron chi connectivity index (χ4n) is 7.30. The Morgan fingerprint density at radius 1 is 1.14 bits per heavy atom. The van der Waals surface area contributed by atoms with E-state index in [0.717, 1.165) is 24.4 Å². The minimum absolute atomic E-state index is 0.0258. The highest BCUT2D eigenvalue weighted by Gasteiger charge is 2.64. The first kappa shape index (κ1) is 18.4. The van der Waals surface area contributed by atoms with E-state index in [1.54, 1.807) is 0 Å². The van der Waals surface area contributed by atoms with Crippen LogP contribution in [0.4, 0.5) is 0 Å². The summed E-state index contributed by atoms with van der Waals surface area (Å²) < 4.78 is 6.06. The van der Waals surface area contributed by atoms with Crippen LogP contribution < -0.4 is 0 Å². The zero-order valence-electron chi connectivity index (χ0n) is 17.0. The summed E-state index contributed by atoms with van der Waals surface area (Å²) in [4.78, 5) is 25.1. The van der Waals surface area contributed by atoms with E-state index >= 15 is 0 Å². The molecule has 0 spiro atoms. The molecule has 7 atom stereocenters. The van der Waals surface area contributed by atoms with Gasteiger partial charge in [0.15, 0.2) is 0 Å². The van der Waals surface area contributed by atoms with E-state index in [9.17, 15) is 14.7 Å². The van der Waals surface area contributed by atoms with Crippen LogP contribution >= 0.6 is 0 Å². The predicted molar refractivity (Wildman–Crippen MR) is 105 cm³/mol. The number of aliphatic hydroxyl groups is 1. The van der Waals surface area contributed by atoms with Crippen LogP contribution in [0, 0.1) is 35.5 Å². The molecule has 3 saturated carbocycles. The predicted octanol–water partition coefficient (Wildman–Crippen LogP) is 4.35. The Kier molecular flexibility index (Phi) is 3.88. The standard InChI is InChI=1S/C24H30O4/c1-13-4-6-19(28-13)16-11-14-10-15(25)8-9-23(14,2)22-18(26)12-24(3)17(21(16)22)5-7-20(24)27/h4,6,11,16-18,21-22,26H,5,7-10,12H2,1-3H3/t16-,17-,18+,21-,22?,23-,24-/m0/s1. The number of aryl methyl sites for hydroxylation is 1. The normalized spacial score (nSPS) is 45.3. The molecule has 0 amide bonds. The largest absolute Gasteiger partial charge is 0.466 e. The van der Waals surface area contributed by atoms with Crippen molar-refractivity contribution in [3.8, 4) is 0 Å². The van der Waals surface area contributed by atoms with Gasteiger partial charge < -0.3 is 9.52 Å². The highest BCUT2D eigenvalue weighted by Crippen LogP contribution is 2.66. The molecule has 1 unspecified atom stereocenters. The molecular formula is C24H30O4. The molecule has 4 heteroatoms. The van der Waals surface area contributed by atoms with E-state index in [0.29, 0.717) is 37.2 Å². The highest BCUT2D eigenvalue weighted by atomic mass is 16.3. The van der Waals surface area contributed by atoms with E-state index in [4.69, 9.17) is 4.42 Å². The molecule has 4 aliphatic rings. The number of Topliss-reactive ketones (excluding diaryl/α,β-unsaturated/α-hetero) is 2. The Bertz CT molecular complexity index is 879. The Morgan fingerprint density at radius 2 is 1.93 bits per heavy atom. The average Bonchev–Trinajstić information content (AvgIpc) is 3.18. The Balaban J connectivity index is 1.69. The maximum Gasteiger partial charge on any atom is 0.139 e. The molecule has 0 aromatic carbocycles. The van der Waals surface area contributed by atoms with Gasteiger partial charge in [0.05, 0.1) is 6.10 Å². The first-order valence-electron chi connectivity index (χ1n) is 10.7. The third-order valence-electron chi connectivity index (χ3n) is 8.73. The van der Waals surface area contributed by atoms with Crippen molar-refractivity contribution in [2.24, 2.45) is 28.6 Å². The van der Waals surface area contributed by atoms with E-state index in [-0.39, 0.29) is 29.1 Å². The number of hydrogen-bond acceptors (Lipinski definition) is 4. The van der Waals surface area contributed by atoms with Crippen molar-refractivity contribution in [1.82, 2.24) is 0 Å². The second kappa shape index (κ2) is 5.91. The smallest absolute Gasteiger partial charge is 0.139 e. The lowest BCUT2D eigenvalue weighted by molar-refractivity contribution is -0.147. The van der Waals surface area contributed by atoms with Crippen molar-refractivity contribution in [2.45, 2.75) is 71.3 Å². The van der Waals surface area contributed by atoms with Gasteiger partial charge >= 0.3 is 0 Å². The summed E-state index contributed by atoms with van der Waals surface area (Å²) in [7, 11) is 0. The van der Waals surface area contributed by atoms with E-state index in [1.807, 2.05) is 19.1 Å². The minimum atomic E-state index is -0.520. The van der Waals surface area contributed by atoms with Crippen LogP contribution in [-0.2, 0) is 9.59 Å². The Labute approximate surface area is 166 Å². The zero-order chi connectivity index (χ0) is 19.8. The number of carbonyl (C=O) groups is 2. The molecule has 4 aliphatic carbocycles. The minimum Gasteiger partial charge on any atom is -0.466 e. The molecule has 150 valence electrons. The summed E-state index contributed by atoms with van der Waals surface area (Å²) in [5.74, 6) is 2.92.